The first-order chi connectivity index (χ1) is 18.6. The van der Waals surface area contributed by atoms with Gasteiger partial charge in [-0.2, -0.15) is 9.97 Å². The molecule has 12 heteroatoms. The second-order valence-corrected chi connectivity index (χ2v) is 12.0. The third kappa shape index (κ3) is 5.76. The molecule has 206 valence electrons. The summed E-state index contributed by atoms with van der Waals surface area (Å²) in [7, 11) is 2.19. The molecule has 2 aromatic heterocycles. The number of para-hydroxylation sites is 2. The Bertz CT molecular complexity index is 1580. The largest absolute Gasteiger partial charge is 0.369 e. The number of H-pyrrole nitrogens is 1. The molecule has 1 aliphatic rings. The molecule has 1 aliphatic heterocycles. The first kappa shape index (κ1) is 26.7. The number of piperidine rings is 1. The van der Waals surface area contributed by atoms with E-state index in [1.165, 1.54) is 17.4 Å². The minimum Gasteiger partial charge on any atom is -0.369 e. The second-order valence-electron chi connectivity index (χ2n) is 9.98. The number of nitrogens with zero attached hydrogens (tertiary/aromatic N) is 5. The van der Waals surface area contributed by atoms with Gasteiger partial charge in [0.25, 0.3) is 0 Å². The number of sulfonamides is 1. The van der Waals surface area contributed by atoms with E-state index in [2.05, 4.69) is 49.5 Å². The maximum atomic E-state index is 15.2. The van der Waals surface area contributed by atoms with Crippen LogP contribution in [-0.2, 0) is 10.0 Å². The molecule has 0 bridgehead atoms. The number of anilines is 6. The van der Waals surface area contributed by atoms with E-state index in [1.807, 2.05) is 18.2 Å². The summed E-state index contributed by atoms with van der Waals surface area (Å²) in [6.45, 7) is 1.62. The van der Waals surface area contributed by atoms with Crippen molar-refractivity contribution in [3.05, 3.63) is 60.5 Å². The van der Waals surface area contributed by atoms with Gasteiger partial charge in [-0.25, -0.2) is 12.8 Å². The molecule has 10 nitrogen and oxygen atoms in total. The van der Waals surface area contributed by atoms with Gasteiger partial charge in [-0.15, -0.1) is 0 Å². The van der Waals surface area contributed by atoms with Gasteiger partial charge in [0.1, 0.15) is 17.3 Å². The van der Waals surface area contributed by atoms with Crippen LogP contribution in [0.3, 0.4) is 0 Å². The number of hydrogen-bond acceptors (Lipinski definition) is 8. The summed E-state index contributed by atoms with van der Waals surface area (Å²) in [4.78, 5) is 16.6. The Kier molecular flexibility index (Phi) is 7.32. The average Bonchev–Trinajstić information content (AvgIpc) is 3.37. The Morgan fingerprint density at radius 3 is 2.46 bits per heavy atom. The van der Waals surface area contributed by atoms with Crippen molar-refractivity contribution < 1.29 is 12.8 Å². The van der Waals surface area contributed by atoms with Gasteiger partial charge in [0.15, 0.2) is 0 Å². The molecular formula is C27H33FN8O2S. The fourth-order valence-electron chi connectivity index (χ4n) is 4.85. The second kappa shape index (κ2) is 10.7. The lowest BCUT2D eigenvalue weighted by Crippen LogP contribution is -2.42. The molecule has 0 amide bonds. The molecule has 0 atom stereocenters. The van der Waals surface area contributed by atoms with Crippen LogP contribution in [0.4, 0.5) is 38.9 Å². The zero-order valence-electron chi connectivity index (χ0n) is 22.4. The van der Waals surface area contributed by atoms with Crippen LogP contribution in [-0.4, -0.2) is 74.8 Å². The van der Waals surface area contributed by atoms with Gasteiger partial charge < -0.3 is 25.4 Å². The van der Waals surface area contributed by atoms with Crippen molar-refractivity contribution in [3.63, 3.8) is 0 Å². The highest BCUT2D eigenvalue weighted by molar-refractivity contribution is 7.92. The Hall–Kier alpha value is -3.90. The summed E-state index contributed by atoms with van der Waals surface area (Å²) in [5, 5.41) is 7.09. The Balaban J connectivity index is 1.39. The van der Waals surface area contributed by atoms with Crippen molar-refractivity contribution in [2.75, 3.05) is 60.3 Å². The van der Waals surface area contributed by atoms with Crippen molar-refractivity contribution in [2.24, 2.45) is 0 Å². The summed E-state index contributed by atoms with van der Waals surface area (Å²) in [5.41, 5.74) is 2.72. The van der Waals surface area contributed by atoms with Gasteiger partial charge in [-0.1, -0.05) is 12.1 Å². The van der Waals surface area contributed by atoms with E-state index in [0.717, 1.165) is 37.6 Å². The highest BCUT2D eigenvalue weighted by atomic mass is 32.2. The zero-order valence-corrected chi connectivity index (χ0v) is 23.3. The third-order valence-corrected chi connectivity index (χ3v) is 8.34. The van der Waals surface area contributed by atoms with Crippen molar-refractivity contribution in [1.82, 2.24) is 19.9 Å². The highest BCUT2D eigenvalue weighted by Crippen LogP contribution is 2.33. The molecule has 0 spiro atoms. The number of aromatic nitrogens is 3. The smallest absolute Gasteiger partial charge is 0.232 e. The monoisotopic (exact) mass is 552 g/mol. The van der Waals surface area contributed by atoms with E-state index in [4.69, 9.17) is 0 Å². The lowest BCUT2D eigenvalue weighted by Gasteiger charge is -2.36. The molecule has 3 heterocycles. The first-order valence-electron chi connectivity index (χ1n) is 12.7. The number of aromatic amines is 1. The van der Waals surface area contributed by atoms with Crippen LogP contribution in [0.5, 0.6) is 0 Å². The van der Waals surface area contributed by atoms with Gasteiger partial charge in [-0.05, 0) is 63.3 Å². The summed E-state index contributed by atoms with van der Waals surface area (Å²) in [6.07, 6.45) is 4.89. The standard InChI is InChI=1S/C27H33FN8O2S/c1-34(2)19-12-15-36(16-13-19)23-10-9-18(17-21(23)28)30-27-32-25-20(11-14-29-25)26(33-27)31-22-7-5-6-8-24(22)35(3)39(4,37)38/h5-11,14,17,19H,12-13,15-16H2,1-4H3,(H3,29,30,31,32,33). The summed E-state index contributed by atoms with van der Waals surface area (Å²) in [6, 6.07) is 14.5. The summed E-state index contributed by atoms with van der Waals surface area (Å²) < 4.78 is 40.7. The van der Waals surface area contributed by atoms with Crippen LogP contribution in [0.25, 0.3) is 11.0 Å². The fraction of sp³-hybridized carbons (Fsp3) is 0.333. The van der Waals surface area contributed by atoms with Crippen LogP contribution >= 0.6 is 0 Å². The number of fused-ring (bicyclic) bond motifs is 1. The van der Waals surface area contributed by atoms with Crippen LogP contribution in [0.2, 0.25) is 0 Å². The number of hydrogen-bond donors (Lipinski definition) is 3. The normalized spacial score (nSPS) is 14.7. The summed E-state index contributed by atoms with van der Waals surface area (Å²) >= 11 is 0. The van der Waals surface area contributed by atoms with Gasteiger partial charge >= 0.3 is 0 Å². The van der Waals surface area contributed by atoms with Crippen molar-refractivity contribution >= 4 is 55.6 Å². The van der Waals surface area contributed by atoms with Crippen LogP contribution in [0.15, 0.2) is 54.7 Å². The Morgan fingerprint density at radius 1 is 1.03 bits per heavy atom. The van der Waals surface area contributed by atoms with E-state index in [9.17, 15) is 8.42 Å². The molecule has 3 N–H and O–H groups in total. The molecule has 5 rings (SSSR count). The van der Waals surface area contributed by atoms with E-state index < -0.39 is 10.0 Å². The number of halogens is 1. The molecule has 1 saturated heterocycles. The zero-order chi connectivity index (χ0) is 27.7. The molecule has 1 fully saturated rings. The van der Waals surface area contributed by atoms with Crippen LogP contribution in [0.1, 0.15) is 12.8 Å². The number of nitrogens with one attached hydrogen (secondary N) is 3. The Labute approximate surface area is 227 Å². The van der Waals surface area contributed by atoms with E-state index in [0.29, 0.717) is 40.3 Å². The fourth-order valence-corrected chi connectivity index (χ4v) is 5.36. The maximum Gasteiger partial charge on any atom is 0.232 e. The SMILES string of the molecule is CN(C)C1CCN(c2ccc(Nc3nc(Nc4ccccc4N(C)S(C)(=O)=O)c4cc[nH]c4n3)cc2F)CC1. The van der Waals surface area contributed by atoms with Gasteiger partial charge in [0.05, 0.1) is 28.7 Å². The van der Waals surface area contributed by atoms with Gasteiger partial charge in [0, 0.05) is 38.1 Å². The lowest BCUT2D eigenvalue weighted by molar-refractivity contribution is 0.249. The van der Waals surface area contributed by atoms with Crippen molar-refractivity contribution in [3.8, 4) is 0 Å². The molecule has 4 aromatic rings. The minimum absolute atomic E-state index is 0.264. The topological polar surface area (TPSA) is 109 Å². The van der Waals surface area contributed by atoms with E-state index >= 15 is 4.39 Å². The van der Waals surface area contributed by atoms with Crippen molar-refractivity contribution in [2.45, 2.75) is 18.9 Å². The van der Waals surface area contributed by atoms with E-state index in [-0.39, 0.29) is 11.8 Å². The maximum absolute atomic E-state index is 15.2. The lowest BCUT2D eigenvalue weighted by atomic mass is 10.0. The number of rotatable bonds is 8. The molecule has 0 radical (unpaired) electrons. The molecular weight excluding hydrogens is 519 g/mol. The molecule has 39 heavy (non-hydrogen) atoms. The third-order valence-electron chi connectivity index (χ3n) is 7.15. The minimum atomic E-state index is -3.47. The molecule has 0 unspecified atom stereocenters. The molecule has 0 aliphatic carbocycles. The summed E-state index contributed by atoms with van der Waals surface area (Å²) in [5.74, 6) is 0.430. The van der Waals surface area contributed by atoms with Crippen LogP contribution < -0.4 is 19.8 Å². The Morgan fingerprint density at radius 2 is 1.77 bits per heavy atom. The van der Waals surface area contributed by atoms with Gasteiger partial charge in [-0.3, -0.25) is 4.31 Å². The predicted molar refractivity (Wildman–Crippen MR) is 155 cm³/mol. The average molecular weight is 553 g/mol. The highest BCUT2D eigenvalue weighted by Gasteiger charge is 2.23. The molecule has 2 aromatic carbocycles. The quantitative estimate of drug-likeness (QED) is 0.293. The van der Waals surface area contributed by atoms with Crippen molar-refractivity contribution in [1.29, 1.82) is 0 Å². The molecule has 0 saturated carbocycles. The van der Waals surface area contributed by atoms with Gasteiger partial charge in [0.2, 0.25) is 16.0 Å². The number of benzene rings is 2. The first-order valence-corrected chi connectivity index (χ1v) is 14.6. The van der Waals surface area contributed by atoms with E-state index in [1.54, 1.807) is 30.5 Å². The predicted octanol–water partition coefficient (Wildman–Crippen LogP) is 4.51. The van der Waals surface area contributed by atoms with Crippen LogP contribution in [0, 0.1) is 5.82 Å².